The molecule has 0 amide bonds. The van der Waals surface area contributed by atoms with Crippen LogP contribution in [0.4, 0.5) is 0 Å². The molecule has 270 valence electrons. The molecule has 12 aromatic rings. The Morgan fingerprint density at radius 2 is 1.10 bits per heavy atom. The zero-order valence-electron chi connectivity index (χ0n) is 32.1. The molecule has 0 saturated heterocycles. The summed E-state index contributed by atoms with van der Waals surface area (Å²) in [6, 6.07) is 64.4. The molecule has 9 aromatic carbocycles. The average Bonchev–Trinajstić information content (AvgIpc) is 3.88. The van der Waals surface area contributed by atoms with E-state index in [2.05, 4.69) is 194 Å². The van der Waals surface area contributed by atoms with E-state index in [0.29, 0.717) is 0 Å². The van der Waals surface area contributed by atoms with Crippen LogP contribution in [0.3, 0.4) is 0 Å². The highest BCUT2D eigenvalue weighted by atomic mass is 14.9. The summed E-state index contributed by atoms with van der Waals surface area (Å²) in [7, 11) is 0. The second-order valence-corrected chi connectivity index (χ2v) is 16.6. The SMILES string of the molecule is CC1(C)c2cc(-c3ccc(-c4nc(-c5ccc6ccccc6c5)c5ccccc5n4)cc3)ccc2-c2cc3ccc4c(c3cc21)c1cccc2c3ccccc3n4c21. The van der Waals surface area contributed by atoms with Crippen molar-refractivity contribution in [1.29, 1.82) is 0 Å². The van der Waals surface area contributed by atoms with Crippen molar-refractivity contribution in [2.75, 3.05) is 0 Å². The van der Waals surface area contributed by atoms with E-state index in [1.165, 1.54) is 93.0 Å². The average molecular weight is 738 g/mol. The van der Waals surface area contributed by atoms with Crippen LogP contribution >= 0.6 is 0 Å². The Morgan fingerprint density at radius 3 is 2.00 bits per heavy atom. The summed E-state index contributed by atoms with van der Waals surface area (Å²) >= 11 is 0. The largest absolute Gasteiger partial charge is 0.308 e. The Labute approximate surface area is 334 Å². The molecular formula is C55H35N3. The second-order valence-electron chi connectivity index (χ2n) is 16.6. The maximum Gasteiger partial charge on any atom is 0.160 e. The lowest BCUT2D eigenvalue weighted by Crippen LogP contribution is -2.15. The van der Waals surface area contributed by atoms with Gasteiger partial charge in [0.2, 0.25) is 0 Å². The fraction of sp³-hybridized carbons (Fsp3) is 0.0545. The molecule has 0 fully saturated rings. The number of fused-ring (bicyclic) bond motifs is 13. The number of aromatic nitrogens is 3. The van der Waals surface area contributed by atoms with Crippen LogP contribution in [0.5, 0.6) is 0 Å². The first-order valence-electron chi connectivity index (χ1n) is 20.2. The van der Waals surface area contributed by atoms with E-state index in [1.54, 1.807) is 0 Å². The Bertz CT molecular complexity index is 3700. The van der Waals surface area contributed by atoms with E-state index >= 15 is 0 Å². The summed E-state index contributed by atoms with van der Waals surface area (Å²) in [5, 5.41) is 11.4. The van der Waals surface area contributed by atoms with Crippen molar-refractivity contribution in [2.45, 2.75) is 19.3 Å². The van der Waals surface area contributed by atoms with Crippen molar-refractivity contribution in [2.24, 2.45) is 0 Å². The molecule has 0 spiro atoms. The first-order chi connectivity index (χ1) is 28.5. The van der Waals surface area contributed by atoms with Crippen LogP contribution in [-0.2, 0) is 5.41 Å². The number of nitrogens with zero attached hydrogens (tertiary/aromatic N) is 3. The fourth-order valence-electron chi connectivity index (χ4n) is 10.2. The van der Waals surface area contributed by atoms with Crippen LogP contribution in [0, 0.1) is 0 Å². The van der Waals surface area contributed by atoms with Crippen LogP contribution < -0.4 is 0 Å². The van der Waals surface area contributed by atoms with Gasteiger partial charge >= 0.3 is 0 Å². The van der Waals surface area contributed by atoms with Gasteiger partial charge in [-0.3, -0.25) is 0 Å². The molecule has 0 N–H and O–H groups in total. The normalized spacial score (nSPS) is 13.5. The van der Waals surface area contributed by atoms with Gasteiger partial charge in [-0.25, -0.2) is 9.97 Å². The van der Waals surface area contributed by atoms with Crippen LogP contribution in [0.15, 0.2) is 176 Å². The summed E-state index contributed by atoms with van der Waals surface area (Å²) in [6.45, 7) is 4.78. The number of benzene rings is 9. The van der Waals surface area contributed by atoms with Crippen LogP contribution in [-0.4, -0.2) is 14.4 Å². The Morgan fingerprint density at radius 1 is 0.414 bits per heavy atom. The molecule has 0 radical (unpaired) electrons. The Balaban J connectivity index is 0.895. The molecule has 3 heteroatoms. The third-order valence-electron chi connectivity index (χ3n) is 13.1. The number of rotatable bonds is 3. The van der Waals surface area contributed by atoms with Crippen molar-refractivity contribution in [3.8, 4) is 44.9 Å². The van der Waals surface area contributed by atoms with Crippen molar-refractivity contribution < 1.29 is 0 Å². The second kappa shape index (κ2) is 11.4. The van der Waals surface area contributed by atoms with Gasteiger partial charge in [0.05, 0.1) is 27.8 Å². The molecule has 0 bridgehead atoms. The van der Waals surface area contributed by atoms with E-state index in [4.69, 9.17) is 9.97 Å². The molecule has 3 heterocycles. The van der Waals surface area contributed by atoms with Gasteiger partial charge in [-0.15, -0.1) is 0 Å². The number of hydrogen-bond acceptors (Lipinski definition) is 2. The topological polar surface area (TPSA) is 30.2 Å². The van der Waals surface area contributed by atoms with Crippen LogP contribution in [0.25, 0.3) is 115 Å². The Kier molecular flexibility index (Phi) is 6.23. The smallest absolute Gasteiger partial charge is 0.160 e. The molecule has 1 aliphatic carbocycles. The monoisotopic (exact) mass is 737 g/mol. The van der Waals surface area contributed by atoms with Gasteiger partial charge in [0, 0.05) is 43.5 Å². The quantitative estimate of drug-likeness (QED) is 0.181. The Hall–Kier alpha value is -7.36. The van der Waals surface area contributed by atoms with Crippen molar-refractivity contribution in [3.63, 3.8) is 0 Å². The van der Waals surface area contributed by atoms with Crippen LogP contribution in [0.2, 0.25) is 0 Å². The standard InChI is InChI=1S/C55H35N3/c1-55(2)46-30-36(33-18-21-34(22-19-33)54-56-48-16-7-5-13-42(48)52(57-54)38-23-20-32-10-3-4-11-35(32)28-38)24-26-39(46)45-29-37-25-27-50-51(44(37)31-47(45)55)43-15-9-14-41-40-12-6-8-17-49(40)58(50)53(41)43/h3-31H,1-2H3. The van der Waals surface area contributed by atoms with Crippen LogP contribution in [0.1, 0.15) is 25.0 Å². The molecule has 0 unspecified atom stereocenters. The minimum Gasteiger partial charge on any atom is -0.308 e. The zero-order valence-corrected chi connectivity index (χ0v) is 32.1. The molecule has 0 saturated carbocycles. The van der Waals surface area contributed by atoms with E-state index in [9.17, 15) is 0 Å². The summed E-state index contributed by atoms with van der Waals surface area (Å²) in [5.41, 5.74) is 15.5. The third-order valence-corrected chi connectivity index (χ3v) is 13.1. The predicted molar refractivity (Wildman–Crippen MR) is 243 cm³/mol. The van der Waals surface area contributed by atoms with Gasteiger partial charge < -0.3 is 4.40 Å². The van der Waals surface area contributed by atoms with Gasteiger partial charge in [0.1, 0.15) is 0 Å². The van der Waals surface area contributed by atoms with E-state index in [1.807, 2.05) is 0 Å². The highest BCUT2D eigenvalue weighted by Crippen LogP contribution is 2.52. The highest BCUT2D eigenvalue weighted by Gasteiger charge is 2.36. The lowest BCUT2D eigenvalue weighted by atomic mass is 9.81. The predicted octanol–water partition coefficient (Wildman–Crippen LogP) is 14.4. The van der Waals surface area contributed by atoms with E-state index in [-0.39, 0.29) is 5.41 Å². The molecule has 13 rings (SSSR count). The first-order valence-corrected chi connectivity index (χ1v) is 20.2. The van der Waals surface area contributed by atoms with Gasteiger partial charge in [-0.1, -0.05) is 147 Å². The highest BCUT2D eigenvalue weighted by molar-refractivity contribution is 6.29. The molecule has 3 aromatic heterocycles. The molecule has 3 nitrogen and oxygen atoms in total. The maximum absolute atomic E-state index is 5.20. The minimum absolute atomic E-state index is 0.164. The molecule has 0 atom stereocenters. The van der Waals surface area contributed by atoms with E-state index < -0.39 is 0 Å². The lowest BCUT2D eigenvalue weighted by Gasteiger charge is -2.22. The fourth-order valence-corrected chi connectivity index (χ4v) is 10.2. The summed E-state index contributed by atoms with van der Waals surface area (Å²) in [5.74, 6) is 0.731. The van der Waals surface area contributed by atoms with Gasteiger partial charge in [-0.05, 0) is 97.4 Å². The van der Waals surface area contributed by atoms with Gasteiger partial charge in [0.25, 0.3) is 0 Å². The van der Waals surface area contributed by atoms with Crippen molar-refractivity contribution in [1.82, 2.24) is 14.4 Å². The minimum atomic E-state index is -0.164. The van der Waals surface area contributed by atoms with Crippen molar-refractivity contribution >= 4 is 70.5 Å². The molecule has 0 aliphatic heterocycles. The summed E-state index contributed by atoms with van der Waals surface area (Å²) in [4.78, 5) is 10.3. The first kappa shape index (κ1) is 31.8. The van der Waals surface area contributed by atoms with Crippen molar-refractivity contribution in [3.05, 3.63) is 187 Å². The zero-order chi connectivity index (χ0) is 38.3. The van der Waals surface area contributed by atoms with Gasteiger partial charge in [-0.2, -0.15) is 0 Å². The summed E-state index contributed by atoms with van der Waals surface area (Å²) < 4.78 is 2.48. The van der Waals surface area contributed by atoms with Gasteiger partial charge in [0.15, 0.2) is 5.82 Å². The molecular weight excluding hydrogens is 703 g/mol. The third kappa shape index (κ3) is 4.28. The molecule has 1 aliphatic rings. The van der Waals surface area contributed by atoms with E-state index in [0.717, 1.165) is 33.5 Å². The lowest BCUT2D eigenvalue weighted by molar-refractivity contribution is 0.661. The maximum atomic E-state index is 5.20. The number of hydrogen-bond donors (Lipinski definition) is 0. The molecule has 58 heavy (non-hydrogen) atoms. The summed E-state index contributed by atoms with van der Waals surface area (Å²) in [6.07, 6.45) is 0. The number of para-hydroxylation sites is 3.